The second kappa shape index (κ2) is 7.49. The number of benzene rings is 1. The van der Waals surface area contributed by atoms with Gasteiger partial charge in [0.1, 0.15) is 5.82 Å². The quantitative estimate of drug-likeness (QED) is 0.914. The number of ether oxygens (including phenoxy) is 1. The van der Waals surface area contributed by atoms with Crippen molar-refractivity contribution in [3.8, 4) is 0 Å². The number of likely N-dealkylation sites (tertiary alicyclic amines) is 1. The second-order valence-electron chi connectivity index (χ2n) is 7.03. The third-order valence-electron chi connectivity index (χ3n) is 5.07. The van der Waals surface area contributed by atoms with E-state index in [4.69, 9.17) is 4.74 Å². The third kappa shape index (κ3) is 4.05. The lowest BCUT2D eigenvalue weighted by molar-refractivity contribution is 0.0744. The zero-order valence-electron chi connectivity index (χ0n) is 14.4. The second-order valence-corrected chi connectivity index (χ2v) is 7.03. The number of hydrogen-bond donors (Lipinski definition) is 1. The summed E-state index contributed by atoms with van der Waals surface area (Å²) in [4.78, 5) is 15.7. The van der Waals surface area contributed by atoms with Crippen molar-refractivity contribution in [1.29, 1.82) is 0 Å². The summed E-state index contributed by atoms with van der Waals surface area (Å²) in [6.45, 7) is 4.18. The topological polar surface area (TPSA) is 44.8 Å². The van der Waals surface area contributed by atoms with Crippen LogP contribution in [0.2, 0.25) is 0 Å². The van der Waals surface area contributed by atoms with Crippen LogP contribution in [0.5, 0.6) is 0 Å². The molecule has 2 saturated heterocycles. The molecule has 6 heteroatoms. The molecule has 24 heavy (non-hydrogen) atoms. The van der Waals surface area contributed by atoms with Gasteiger partial charge in [-0.15, -0.1) is 0 Å². The van der Waals surface area contributed by atoms with Crippen molar-refractivity contribution in [3.05, 3.63) is 35.6 Å². The number of piperidine rings is 1. The van der Waals surface area contributed by atoms with Crippen LogP contribution >= 0.6 is 0 Å². The molecule has 3 atom stereocenters. The Morgan fingerprint density at radius 2 is 2.12 bits per heavy atom. The number of urea groups is 1. The van der Waals surface area contributed by atoms with E-state index in [2.05, 4.69) is 10.2 Å². The first-order chi connectivity index (χ1) is 11.5. The highest BCUT2D eigenvalue weighted by Gasteiger charge is 2.40. The van der Waals surface area contributed by atoms with Gasteiger partial charge in [-0.2, -0.15) is 0 Å². The van der Waals surface area contributed by atoms with Crippen LogP contribution in [-0.4, -0.2) is 62.3 Å². The Morgan fingerprint density at radius 1 is 1.38 bits per heavy atom. The summed E-state index contributed by atoms with van der Waals surface area (Å²) in [6, 6.07) is 6.64. The maximum atomic E-state index is 13.0. The molecule has 0 aliphatic carbocycles. The maximum absolute atomic E-state index is 13.0. The molecule has 2 amide bonds. The van der Waals surface area contributed by atoms with E-state index in [9.17, 15) is 9.18 Å². The van der Waals surface area contributed by atoms with Gasteiger partial charge in [0, 0.05) is 39.6 Å². The van der Waals surface area contributed by atoms with E-state index in [-0.39, 0.29) is 18.0 Å². The largest absolute Gasteiger partial charge is 0.376 e. The molecule has 2 fully saturated rings. The lowest BCUT2D eigenvalue weighted by Gasteiger charge is -2.36. The lowest BCUT2D eigenvalue weighted by atomic mass is 9.84. The van der Waals surface area contributed by atoms with Gasteiger partial charge in [0.05, 0.1) is 12.7 Å². The van der Waals surface area contributed by atoms with Crippen LogP contribution in [0, 0.1) is 17.7 Å². The van der Waals surface area contributed by atoms with Gasteiger partial charge < -0.3 is 15.0 Å². The first-order valence-electron chi connectivity index (χ1n) is 8.56. The van der Waals surface area contributed by atoms with Crippen molar-refractivity contribution in [2.45, 2.75) is 19.1 Å². The molecule has 0 radical (unpaired) electrons. The van der Waals surface area contributed by atoms with Gasteiger partial charge in [-0.3, -0.25) is 4.90 Å². The zero-order chi connectivity index (χ0) is 17.1. The van der Waals surface area contributed by atoms with Gasteiger partial charge in [-0.25, -0.2) is 9.18 Å². The highest BCUT2D eigenvalue weighted by molar-refractivity contribution is 5.73. The van der Waals surface area contributed by atoms with Crippen molar-refractivity contribution >= 4 is 6.03 Å². The number of hydrogen-bond acceptors (Lipinski definition) is 3. The van der Waals surface area contributed by atoms with Gasteiger partial charge in [-0.05, 0) is 36.6 Å². The average molecular weight is 335 g/mol. The number of fused-ring (bicyclic) bond motifs is 1. The molecule has 5 nitrogen and oxygen atoms in total. The number of carbonyl (C=O) groups excluding carboxylic acids is 1. The number of carbonyl (C=O) groups is 1. The molecular weight excluding hydrogens is 309 g/mol. The molecule has 1 aromatic rings. The van der Waals surface area contributed by atoms with Crippen molar-refractivity contribution in [1.82, 2.24) is 15.1 Å². The van der Waals surface area contributed by atoms with E-state index in [1.807, 2.05) is 12.1 Å². The average Bonchev–Trinajstić information content (AvgIpc) is 2.97. The molecule has 0 unspecified atom stereocenters. The highest BCUT2D eigenvalue weighted by Crippen LogP contribution is 2.34. The van der Waals surface area contributed by atoms with Gasteiger partial charge in [-0.1, -0.05) is 12.1 Å². The van der Waals surface area contributed by atoms with Gasteiger partial charge in [0.2, 0.25) is 0 Å². The minimum absolute atomic E-state index is 0.0786. The molecule has 2 aliphatic heterocycles. The van der Waals surface area contributed by atoms with E-state index in [1.54, 1.807) is 14.1 Å². The summed E-state index contributed by atoms with van der Waals surface area (Å²) in [6.07, 6.45) is 1.19. The minimum Gasteiger partial charge on any atom is -0.376 e. The fraction of sp³-hybridized carbons (Fsp3) is 0.611. The Balaban J connectivity index is 1.55. The van der Waals surface area contributed by atoms with Gasteiger partial charge >= 0.3 is 6.03 Å². The normalized spacial score (nSPS) is 26.9. The number of nitrogens with zero attached hydrogens (tertiary/aromatic N) is 2. The predicted octanol–water partition coefficient (Wildman–Crippen LogP) is 1.93. The Bertz CT molecular complexity index is 564. The molecular formula is C18H26FN3O2. The van der Waals surface area contributed by atoms with Crippen LogP contribution in [0.25, 0.3) is 0 Å². The molecule has 0 spiro atoms. The molecule has 2 aliphatic rings. The van der Waals surface area contributed by atoms with Crippen molar-refractivity contribution in [2.24, 2.45) is 11.8 Å². The molecule has 1 N–H and O–H groups in total. The van der Waals surface area contributed by atoms with E-state index in [0.29, 0.717) is 18.4 Å². The summed E-state index contributed by atoms with van der Waals surface area (Å²) in [7, 11) is 3.47. The first-order valence-corrected chi connectivity index (χ1v) is 8.56. The number of amides is 2. The summed E-state index contributed by atoms with van der Waals surface area (Å²) in [5.41, 5.74) is 1.13. The fourth-order valence-electron chi connectivity index (χ4n) is 3.65. The Morgan fingerprint density at radius 3 is 2.83 bits per heavy atom. The third-order valence-corrected chi connectivity index (χ3v) is 5.07. The molecule has 2 heterocycles. The minimum atomic E-state index is -0.196. The van der Waals surface area contributed by atoms with E-state index < -0.39 is 0 Å². The van der Waals surface area contributed by atoms with Crippen LogP contribution in [0.3, 0.4) is 0 Å². The molecule has 0 aromatic heterocycles. The van der Waals surface area contributed by atoms with Crippen LogP contribution < -0.4 is 5.32 Å². The summed E-state index contributed by atoms with van der Waals surface area (Å²) in [5.74, 6) is 0.829. The van der Waals surface area contributed by atoms with E-state index in [0.717, 1.165) is 38.2 Å². The Kier molecular flexibility index (Phi) is 5.36. The van der Waals surface area contributed by atoms with Gasteiger partial charge in [0.15, 0.2) is 0 Å². The van der Waals surface area contributed by atoms with Crippen molar-refractivity contribution in [2.75, 3.05) is 40.3 Å². The number of nitrogens with one attached hydrogen (secondary N) is 1. The summed E-state index contributed by atoms with van der Waals surface area (Å²) < 4.78 is 19.0. The summed E-state index contributed by atoms with van der Waals surface area (Å²) in [5, 5.41) is 2.93. The molecule has 0 bridgehead atoms. The number of halogens is 1. The zero-order valence-corrected chi connectivity index (χ0v) is 14.4. The van der Waals surface area contributed by atoms with E-state index >= 15 is 0 Å². The SMILES string of the molecule is CN(C)C(=O)NC[C@@H]1OC[C@H]2CCN(Cc3ccc(F)cc3)C[C@H]21. The fourth-order valence-corrected chi connectivity index (χ4v) is 3.65. The summed E-state index contributed by atoms with van der Waals surface area (Å²) >= 11 is 0. The van der Waals surface area contributed by atoms with Crippen molar-refractivity contribution < 1.29 is 13.9 Å². The van der Waals surface area contributed by atoms with Crippen molar-refractivity contribution in [3.63, 3.8) is 0 Å². The van der Waals surface area contributed by atoms with Crippen LogP contribution in [0.15, 0.2) is 24.3 Å². The first kappa shape index (κ1) is 17.2. The molecule has 1 aromatic carbocycles. The Labute approximate surface area is 142 Å². The van der Waals surface area contributed by atoms with Crippen LogP contribution in [0.1, 0.15) is 12.0 Å². The molecule has 132 valence electrons. The maximum Gasteiger partial charge on any atom is 0.316 e. The molecule has 0 saturated carbocycles. The monoisotopic (exact) mass is 335 g/mol. The van der Waals surface area contributed by atoms with E-state index in [1.165, 1.54) is 17.0 Å². The lowest BCUT2D eigenvalue weighted by Crippen LogP contribution is -2.46. The van der Waals surface area contributed by atoms with Crippen LogP contribution in [0.4, 0.5) is 9.18 Å². The predicted molar refractivity (Wildman–Crippen MR) is 90.1 cm³/mol. The Hall–Kier alpha value is -1.66. The van der Waals surface area contributed by atoms with Gasteiger partial charge in [0.25, 0.3) is 0 Å². The number of rotatable bonds is 4. The smallest absolute Gasteiger partial charge is 0.316 e. The molecule has 3 rings (SSSR count). The standard InChI is InChI=1S/C18H26FN3O2/c1-21(2)18(23)20-9-17-16-11-22(8-7-14(16)12-24-17)10-13-3-5-15(19)6-4-13/h3-6,14,16-17H,7-12H2,1-2H3,(H,20,23)/t14-,16-,17+/m1/s1. The van der Waals surface area contributed by atoms with Crippen LogP contribution in [-0.2, 0) is 11.3 Å². The highest BCUT2D eigenvalue weighted by atomic mass is 19.1.